The number of nitrogens with two attached hydrogens (primary N) is 1. The fourth-order valence-corrected chi connectivity index (χ4v) is 4.29. The molecule has 0 bridgehead atoms. The second-order valence-electron chi connectivity index (χ2n) is 7.32. The van der Waals surface area contributed by atoms with Crippen LogP contribution in [0.5, 0.6) is 5.75 Å². The van der Waals surface area contributed by atoms with Crippen molar-refractivity contribution >= 4 is 34.2 Å². The Morgan fingerprint density at radius 2 is 2.00 bits per heavy atom. The summed E-state index contributed by atoms with van der Waals surface area (Å²) in [7, 11) is 0. The van der Waals surface area contributed by atoms with Crippen molar-refractivity contribution in [3.05, 3.63) is 29.1 Å². The Hall–Kier alpha value is -2.01. The molecule has 0 atom stereocenters. The largest absolute Gasteiger partial charge is 0.480 e. The first kappa shape index (κ1) is 24.6. The molecule has 0 saturated carbocycles. The molecule has 7 nitrogen and oxygen atoms in total. The van der Waals surface area contributed by atoms with E-state index in [0.717, 1.165) is 41.3 Å². The van der Waals surface area contributed by atoms with Gasteiger partial charge in [0.1, 0.15) is 0 Å². The highest BCUT2D eigenvalue weighted by Crippen LogP contribution is 2.36. The molecule has 2 N–H and O–H groups in total. The molecule has 2 heterocycles. The van der Waals surface area contributed by atoms with E-state index in [1.807, 2.05) is 0 Å². The molecule has 1 amide bonds. The van der Waals surface area contributed by atoms with E-state index >= 15 is 0 Å². The molecule has 0 unspecified atom stereocenters. The van der Waals surface area contributed by atoms with E-state index in [-0.39, 0.29) is 11.3 Å². The van der Waals surface area contributed by atoms with Crippen molar-refractivity contribution < 1.29 is 23.0 Å². The van der Waals surface area contributed by atoms with Crippen LogP contribution in [-0.4, -0.2) is 61.3 Å². The Labute approximate surface area is 195 Å². The van der Waals surface area contributed by atoms with Crippen LogP contribution in [0.3, 0.4) is 0 Å². The number of nitrogens with zero attached hydrogens (tertiary/aromatic N) is 3. The van der Waals surface area contributed by atoms with Crippen molar-refractivity contribution in [3.8, 4) is 17.0 Å². The number of benzene rings is 1. The van der Waals surface area contributed by atoms with E-state index in [0.29, 0.717) is 45.1 Å². The van der Waals surface area contributed by atoms with Crippen LogP contribution in [0.4, 0.5) is 13.9 Å². The molecule has 0 aliphatic carbocycles. The average Bonchev–Trinajstić information content (AvgIpc) is 3.30. The zero-order valence-electron chi connectivity index (χ0n) is 17.7. The fourth-order valence-electron chi connectivity index (χ4n) is 3.24. The van der Waals surface area contributed by atoms with Gasteiger partial charge >= 0.3 is 0 Å². The number of carbonyl (C=O) groups excluding carboxylic acids is 1. The van der Waals surface area contributed by atoms with Crippen molar-refractivity contribution in [2.75, 3.05) is 50.9 Å². The SMILES string of the molecule is NCCCCCCN(Cl)C(=O)COc1c(-c2csc(N3CCOCC3)n2)ccc(F)c1F. The van der Waals surface area contributed by atoms with E-state index in [9.17, 15) is 13.6 Å². The summed E-state index contributed by atoms with van der Waals surface area (Å²) in [6.45, 7) is 3.09. The molecule has 1 aromatic heterocycles. The van der Waals surface area contributed by atoms with Crippen molar-refractivity contribution in [2.45, 2.75) is 25.7 Å². The molecule has 3 rings (SSSR count). The van der Waals surface area contributed by atoms with Gasteiger partial charge < -0.3 is 20.1 Å². The number of aromatic nitrogens is 1. The predicted molar refractivity (Wildman–Crippen MR) is 121 cm³/mol. The van der Waals surface area contributed by atoms with Gasteiger partial charge in [0.05, 0.1) is 18.9 Å². The van der Waals surface area contributed by atoms with Crippen LogP contribution in [0.15, 0.2) is 17.5 Å². The number of thiazole rings is 1. The average molecular weight is 489 g/mol. The highest BCUT2D eigenvalue weighted by Gasteiger charge is 2.22. The number of ether oxygens (including phenoxy) is 2. The zero-order valence-corrected chi connectivity index (χ0v) is 19.3. The third kappa shape index (κ3) is 6.50. The van der Waals surface area contributed by atoms with Gasteiger partial charge in [-0.05, 0) is 31.5 Å². The number of anilines is 1. The van der Waals surface area contributed by atoms with Crippen molar-refractivity contribution in [3.63, 3.8) is 0 Å². The predicted octanol–water partition coefficient (Wildman–Crippen LogP) is 3.81. The smallest absolute Gasteiger partial charge is 0.274 e. The number of hydrogen-bond donors (Lipinski definition) is 1. The molecular formula is C21H27ClF2N4O3S. The molecule has 1 saturated heterocycles. The first-order chi connectivity index (χ1) is 15.5. The molecule has 2 aromatic rings. The number of morpholine rings is 1. The third-order valence-corrected chi connectivity index (χ3v) is 6.28. The van der Waals surface area contributed by atoms with E-state index in [2.05, 4.69) is 9.88 Å². The summed E-state index contributed by atoms with van der Waals surface area (Å²) in [5.74, 6) is -3.13. The topological polar surface area (TPSA) is 80.9 Å². The van der Waals surface area contributed by atoms with Crippen molar-refractivity contribution in [1.82, 2.24) is 9.40 Å². The van der Waals surface area contributed by atoms with E-state index in [1.165, 1.54) is 17.4 Å². The van der Waals surface area contributed by atoms with Gasteiger partial charge in [0.25, 0.3) is 5.91 Å². The molecule has 0 spiro atoms. The molecule has 1 fully saturated rings. The zero-order chi connectivity index (χ0) is 22.9. The Morgan fingerprint density at radius 1 is 1.25 bits per heavy atom. The minimum atomic E-state index is -1.17. The second kappa shape index (κ2) is 12.3. The number of hydrogen-bond acceptors (Lipinski definition) is 7. The Bertz CT molecular complexity index is 896. The molecule has 1 aliphatic heterocycles. The van der Waals surface area contributed by atoms with Gasteiger partial charge in [0, 0.05) is 42.4 Å². The first-order valence-corrected chi connectivity index (χ1v) is 11.8. The Balaban J connectivity index is 1.66. The lowest BCUT2D eigenvalue weighted by Crippen LogP contribution is -2.36. The lowest BCUT2D eigenvalue weighted by Gasteiger charge is -2.26. The summed E-state index contributed by atoms with van der Waals surface area (Å²) in [5.41, 5.74) is 6.17. The number of rotatable bonds is 11. The molecule has 32 heavy (non-hydrogen) atoms. The Kier molecular flexibility index (Phi) is 9.46. The highest BCUT2D eigenvalue weighted by molar-refractivity contribution is 7.14. The molecule has 11 heteroatoms. The molecule has 0 radical (unpaired) electrons. The first-order valence-electron chi connectivity index (χ1n) is 10.6. The summed E-state index contributed by atoms with van der Waals surface area (Å²) < 4.78 is 40.2. The van der Waals surface area contributed by atoms with Gasteiger partial charge in [-0.1, -0.05) is 12.8 Å². The number of halogens is 3. The molecular weight excluding hydrogens is 462 g/mol. The minimum Gasteiger partial charge on any atom is -0.480 e. The van der Waals surface area contributed by atoms with Gasteiger partial charge in [-0.3, -0.25) is 9.21 Å². The van der Waals surface area contributed by atoms with Crippen LogP contribution in [0.1, 0.15) is 25.7 Å². The van der Waals surface area contributed by atoms with Crippen molar-refractivity contribution in [1.29, 1.82) is 0 Å². The maximum atomic E-state index is 14.6. The summed E-state index contributed by atoms with van der Waals surface area (Å²) in [5, 5.41) is 2.51. The van der Waals surface area contributed by atoms with Crippen LogP contribution in [0, 0.1) is 11.6 Å². The highest BCUT2D eigenvalue weighted by atomic mass is 35.5. The summed E-state index contributed by atoms with van der Waals surface area (Å²) in [6, 6.07) is 2.41. The van der Waals surface area contributed by atoms with Crippen LogP contribution in [-0.2, 0) is 9.53 Å². The van der Waals surface area contributed by atoms with Gasteiger partial charge in [0.15, 0.2) is 23.3 Å². The quantitative estimate of drug-likeness (QED) is 0.383. The lowest BCUT2D eigenvalue weighted by atomic mass is 10.1. The standard InChI is InChI=1S/C21H27ClF2N4O3S/c22-28(8-4-2-1-3-7-25)18(29)13-31-20-15(5-6-16(23)19(20)24)17-14-32-21(26-17)27-9-11-30-12-10-27/h5-6,14H,1-4,7-13,25H2. The minimum absolute atomic E-state index is 0.273. The van der Waals surface area contributed by atoms with Crippen LogP contribution in [0.25, 0.3) is 11.3 Å². The number of carbonyl (C=O) groups is 1. The molecule has 1 aromatic carbocycles. The maximum Gasteiger partial charge on any atom is 0.274 e. The van der Waals surface area contributed by atoms with Crippen molar-refractivity contribution in [2.24, 2.45) is 5.73 Å². The number of unbranched alkanes of at least 4 members (excludes halogenated alkanes) is 3. The third-order valence-electron chi connectivity index (χ3n) is 5.02. The summed E-state index contributed by atoms with van der Waals surface area (Å²) in [6.07, 6.45) is 3.50. The van der Waals surface area contributed by atoms with Crippen LogP contribution < -0.4 is 15.4 Å². The normalized spacial score (nSPS) is 13.9. The number of amides is 1. The maximum absolute atomic E-state index is 14.6. The van der Waals surface area contributed by atoms with Gasteiger partial charge in [-0.2, -0.15) is 4.39 Å². The molecule has 1 aliphatic rings. The molecule has 176 valence electrons. The van der Waals surface area contributed by atoms with Gasteiger partial charge in [-0.25, -0.2) is 9.37 Å². The summed E-state index contributed by atoms with van der Waals surface area (Å²) >= 11 is 7.41. The van der Waals surface area contributed by atoms with Gasteiger partial charge in [0.2, 0.25) is 5.82 Å². The van der Waals surface area contributed by atoms with E-state index in [1.54, 1.807) is 5.38 Å². The van der Waals surface area contributed by atoms with E-state index in [4.69, 9.17) is 27.0 Å². The lowest BCUT2D eigenvalue weighted by molar-refractivity contribution is -0.128. The van der Waals surface area contributed by atoms with E-state index < -0.39 is 24.1 Å². The fraction of sp³-hybridized carbons (Fsp3) is 0.524. The van der Waals surface area contributed by atoms with Crippen LogP contribution >= 0.6 is 23.1 Å². The second-order valence-corrected chi connectivity index (χ2v) is 8.57. The Morgan fingerprint density at radius 3 is 2.75 bits per heavy atom. The van der Waals surface area contributed by atoms with Crippen LogP contribution in [0.2, 0.25) is 0 Å². The monoisotopic (exact) mass is 488 g/mol. The summed E-state index contributed by atoms with van der Waals surface area (Å²) in [4.78, 5) is 18.9. The van der Waals surface area contributed by atoms with Gasteiger partial charge in [-0.15, -0.1) is 11.3 Å².